The molecule has 3 nitrogen and oxygen atoms in total. The number of hydrogen-bond acceptors (Lipinski definition) is 3. The molecule has 1 heterocycles. The van der Waals surface area contributed by atoms with Crippen LogP contribution in [0.4, 0.5) is 0 Å². The molecule has 0 saturated carbocycles. The standard InChI is InChI=1S/C11H20O3S/c1-9(2)3-6-14-11(10(12)13)4-7-15-8-5-11/h9H,3-8H2,1-2H3,(H,12,13). The zero-order valence-electron chi connectivity index (χ0n) is 9.49. The highest BCUT2D eigenvalue weighted by Crippen LogP contribution is 2.31. The van der Waals surface area contributed by atoms with E-state index in [0.717, 1.165) is 17.9 Å². The van der Waals surface area contributed by atoms with Crippen LogP contribution >= 0.6 is 11.8 Å². The van der Waals surface area contributed by atoms with E-state index in [1.54, 1.807) is 0 Å². The van der Waals surface area contributed by atoms with Crippen molar-refractivity contribution in [3.63, 3.8) is 0 Å². The fourth-order valence-electron chi connectivity index (χ4n) is 1.61. The highest BCUT2D eigenvalue weighted by molar-refractivity contribution is 7.99. The van der Waals surface area contributed by atoms with E-state index < -0.39 is 11.6 Å². The van der Waals surface area contributed by atoms with Gasteiger partial charge in [0.2, 0.25) is 0 Å². The van der Waals surface area contributed by atoms with E-state index in [2.05, 4.69) is 13.8 Å². The van der Waals surface area contributed by atoms with Crippen molar-refractivity contribution in [2.24, 2.45) is 5.92 Å². The molecule has 0 aromatic heterocycles. The Balaban J connectivity index is 2.46. The lowest BCUT2D eigenvalue weighted by Gasteiger charge is -2.33. The highest BCUT2D eigenvalue weighted by atomic mass is 32.2. The number of hydrogen-bond donors (Lipinski definition) is 1. The van der Waals surface area contributed by atoms with Crippen molar-refractivity contribution in [2.45, 2.75) is 38.7 Å². The Morgan fingerprint density at radius 1 is 1.47 bits per heavy atom. The molecule has 1 rings (SSSR count). The van der Waals surface area contributed by atoms with Gasteiger partial charge in [-0.05, 0) is 36.7 Å². The molecule has 15 heavy (non-hydrogen) atoms. The van der Waals surface area contributed by atoms with Crippen molar-refractivity contribution in [1.29, 1.82) is 0 Å². The Bertz CT molecular complexity index is 210. The highest BCUT2D eigenvalue weighted by Gasteiger charge is 2.40. The lowest BCUT2D eigenvalue weighted by atomic mass is 9.96. The van der Waals surface area contributed by atoms with Crippen molar-refractivity contribution in [1.82, 2.24) is 0 Å². The minimum absolute atomic E-state index is 0.564. The molecule has 0 spiro atoms. The second-order valence-electron chi connectivity index (χ2n) is 4.44. The maximum Gasteiger partial charge on any atom is 0.336 e. The maximum absolute atomic E-state index is 11.2. The van der Waals surface area contributed by atoms with Crippen LogP contribution in [0.15, 0.2) is 0 Å². The quantitative estimate of drug-likeness (QED) is 0.790. The summed E-state index contributed by atoms with van der Waals surface area (Å²) in [5.74, 6) is 1.57. The summed E-state index contributed by atoms with van der Waals surface area (Å²) in [6.07, 6.45) is 2.22. The third-order valence-corrected chi connectivity index (χ3v) is 3.75. The molecule has 0 aromatic carbocycles. The van der Waals surface area contributed by atoms with Gasteiger partial charge in [-0.2, -0.15) is 11.8 Å². The van der Waals surface area contributed by atoms with Crippen LogP contribution in [-0.4, -0.2) is 34.8 Å². The van der Waals surface area contributed by atoms with Gasteiger partial charge >= 0.3 is 5.97 Å². The first-order valence-corrected chi connectivity index (χ1v) is 6.67. The lowest BCUT2D eigenvalue weighted by Crippen LogP contribution is -2.45. The van der Waals surface area contributed by atoms with Gasteiger partial charge in [0.25, 0.3) is 0 Å². The largest absolute Gasteiger partial charge is 0.479 e. The summed E-state index contributed by atoms with van der Waals surface area (Å²) in [4.78, 5) is 11.2. The Hall–Kier alpha value is -0.220. The number of carboxylic acid groups (broad SMARTS) is 1. The predicted octanol–water partition coefficient (Wildman–Crippen LogP) is 2.40. The number of aliphatic carboxylic acids is 1. The molecule has 1 aliphatic rings. The van der Waals surface area contributed by atoms with Crippen LogP contribution in [0.2, 0.25) is 0 Å². The first-order valence-electron chi connectivity index (χ1n) is 5.52. The number of rotatable bonds is 5. The second-order valence-corrected chi connectivity index (χ2v) is 5.67. The zero-order chi connectivity index (χ0) is 11.3. The molecule has 1 N–H and O–H groups in total. The fraction of sp³-hybridized carbons (Fsp3) is 0.909. The van der Waals surface area contributed by atoms with E-state index in [9.17, 15) is 9.90 Å². The summed E-state index contributed by atoms with van der Waals surface area (Å²) in [6, 6.07) is 0. The molecule has 1 saturated heterocycles. The van der Waals surface area contributed by atoms with Gasteiger partial charge in [-0.15, -0.1) is 0 Å². The Labute approximate surface area is 95.6 Å². The normalized spacial score (nSPS) is 20.5. The van der Waals surface area contributed by atoms with Crippen molar-refractivity contribution < 1.29 is 14.6 Å². The number of ether oxygens (including phenoxy) is 1. The topological polar surface area (TPSA) is 46.5 Å². The minimum atomic E-state index is -0.889. The van der Waals surface area contributed by atoms with E-state index in [-0.39, 0.29) is 0 Å². The molecular formula is C11H20O3S. The minimum Gasteiger partial charge on any atom is -0.479 e. The SMILES string of the molecule is CC(C)CCOC1(C(=O)O)CCSCC1. The van der Waals surface area contributed by atoms with E-state index in [1.807, 2.05) is 11.8 Å². The molecule has 0 unspecified atom stereocenters. The van der Waals surface area contributed by atoms with Gasteiger partial charge in [-0.3, -0.25) is 0 Å². The smallest absolute Gasteiger partial charge is 0.336 e. The second kappa shape index (κ2) is 5.75. The maximum atomic E-state index is 11.2. The molecule has 0 bridgehead atoms. The molecule has 88 valence electrons. The molecule has 4 heteroatoms. The monoisotopic (exact) mass is 232 g/mol. The fourth-order valence-corrected chi connectivity index (χ4v) is 2.76. The lowest BCUT2D eigenvalue weighted by molar-refractivity contribution is -0.167. The van der Waals surface area contributed by atoms with Gasteiger partial charge in [0.1, 0.15) is 0 Å². The third-order valence-electron chi connectivity index (χ3n) is 2.76. The summed E-state index contributed by atoms with van der Waals surface area (Å²) in [6.45, 7) is 4.80. The molecule has 1 aliphatic heterocycles. The summed E-state index contributed by atoms with van der Waals surface area (Å²) in [7, 11) is 0. The summed E-state index contributed by atoms with van der Waals surface area (Å²) < 4.78 is 5.63. The van der Waals surface area contributed by atoms with Crippen LogP contribution in [0, 0.1) is 5.92 Å². The van der Waals surface area contributed by atoms with E-state index >= 15 is 0 Å². The van der Waals surface area contributed by atoms with E-state index in [1.165, 1.54) is 0 Å². The molecule has 1 fully saturated rings. The average Bonchev–Trinajstić information content (AvgIpc) is 2.18. The molecule has 0 aromatic rings. The summed E-state index contributed by atoms with van der Waals surface area (Å²) in [5.41, 5.74) is -0.889. The van der Waals surface area contributed by atoms with Crippen LogP contribution in [-0.2, 0) is 9.53 Å². The van der Waals surface area contributed by atoms with Crippen LogP contribution in [0.3, 0.4) is 0 Å². The van der Waals surface area contributed by atoms with Gasteiger partial charge < -0.3 is 9.84 Å². The average molecular weight is 232 g/mol. The Morgan fingerprint density at radius 2 is 2.07 bits per heavy atom. The van der Waals surface area contributed by atoms with Crippen molar-refractivity contribution in [3.05, 3.63) is 0 Å². The van der Waals surface area contributed by atoms with E-state index in [4.69, 9.17) is 4.74 Å². The molecule has 0 aliphatic carbocycles. The van der Waals surface area contributed by atoms with Crippen molar-refractivity contribution >= 4 is 17.7 Å². The van der Waals surface area contributed by atoms with Gasteiger partial charge in [-0.1, -0.05) is 13.8 Å². The van der Waals surface area contributed by atoms with Crippen LogP contribution < -0.4 is 0 Å². The number of thioether (sulfide) groups is 1. The third kappa shape index (κ3) is 3.68. The molecule has 0 atom stereocenters. The summed E-state index contributed by atoms with van der Waals surface area (Å²) >= 11 is 1.81. The van der Waals surface area contributed by atoms with E-state index in [0.29, 0.717) is 25.4 Å². The van der Waals surface area contributed by atoms with Crippen LogP contribution in [0.5, 0.6) is 0 Å². The first kappa shape index (κ1) is 12.8. The number of carboxylic acids is 1. The van der Waals surface area contributed by atoms with Gasteiger partial charge in [0.05, 0.1) is 0 Å². The van der Waals surface area contributed by atoms with Gasteiger partial charge in [0.15, 0.2) is 5.60 Å². The predicted molar refractivity (Wildman–Crippen MR) is 62.3 cm³/mol. The van der Waals surface area contributed by atoms with Crippen molar-refractivity contribution in [3.8, 4) is 0 Å². The van der Waals surface area contributed by atoms with Gasteiger partial charge in [0, 0.05) is 6.61 Å². The molecule has 0 amide bonds. The van der Waals surface area contributed by atoms with Crippen LogP contribution in [0.25, 0.3) is 0 Å². The Morgan fingerprint density at radius 3 is 2.53 bits per heavy atom. The molecular weight excluding hydrogens is 212 g/mol. The first-order chi connectivity index (χ1) is 7.07. The van der Waals surface area contributed by atoms with Crippen LogP contribution in [0.1, 0.15) is 33.1 Å². The Kier molecular flexibility index (Phi) is 4.93. The van der Waals surface area contributed by atoms with Gasteiger partial charge in [-0.25, -0.2) is 4.79 Å². The summed E-state index contributed by atoms with van der Waals surface area (Å²) in [5, 5.41) is 9.22. The van der Waals surface area contributed by atoms with Crippen molar-refractivity contribution in [2.75, 3.05) is 18.1 Å². The zero-order valence-corrected chi connectivity index (χ0v) is 10.3. The number of carbonyl (C=O) groups is 1. The molecule has 0 radical (unpaired) electrons.